The van der Waals surface area contributed by atoms with Crippen molar-refractivity contribution in [1.82, 2.24) is 0 Å². The van der Waals surface area contributed by atoms with Crippen molar-refractivity contribution in [2.24, 2.45) is 0 Å². The van der Waals surface area contributed by atoms with Crippen molar-refractivity contribution >= 4 is 11.1 Å². The Hall–Kier alpha value is -3.00. The number of phenols is 1. The zero-order valence-electron chi connectivity index (χ0n) is 16.1. The highest BCUT2D eigenvalue weighted by molar-refractivity contribution is 5.98. The number of ether oxygens (including phenoxy) is 1. The second kappa shape index (κ2) is 8.59. The first-order valence-electron chi connectivity index (χ1n) is 9.43. The van der Waals surface area contributed by atoms with Crippen molar-refractivity contribution in [2.75, 3.05) is 0 Å². The lowest BCUT2D eigenvalue weighted by Crippen LogP contribution is -2.05. The van der Waals surface area contributed by atoms with Gasteiger partial charge in [-0.2, -0.15) is 0 Å². The second-order valence-electron chi connectivity index (χ2n) is 6.81. The molecule has 3 aromatic carbocycles. The topological polar surface area (TPSA) is 29.5 Å². The van der Waals surface area contributed by atoms with Gasteiger partial charge in [0.2, 0.25) is 0 Å². The molecular weight excluding hydrogens is 332 g/mol. The molecular formula is C25H26O2. The normalized spacial score (nSPS) is 12.0. The van der Waals surface area contributed by atoms with Crippen LogP contribution >= 0.6 is 0 Å². The minimum atomic E-state index is 0.151. The molecule has 3 aromatic rings. The summed E-state index contributed by atoms with van der Waals surface area (Å²) in [4.78, 5) is 0. The van der Waals surface area contributed by atoms with Gasteiger partial charge in [0, 0.05) is 0 Å². The fourth-order valence-electron chi connectivity index (χ4n) is 3.28. The van der Waals surface area contributed by atoms with Gasteiger partial charge in [-0.05, 0) is 72.4 Å². The standard InChI is InChI=1S/C25H26O2/c1-4-24(19-8-6-5-7-9-19)25(20-10-14-22(26)15-11-20)21-12-16-23(17-13-21)27-18(2)3/h5-18,26H,4H2,1-3H3. The summed E-state index contributed by atoms with van der Waals surface area (Å²) in [5.41, 5.74) is 5.90. The lowest BCUT2D eigenvalue weighted by molar-refractivity contribution is 0.242. The van der Waals surface area contributed by atoms with Crippen LogP contribution in [-0.4, -0.2) is 11.2 Å². The summed E-state index contributed by atoms with van der Waals surface area (Å²) in [6.07, 6.45) is 1.06. The van der Waals surface area contributed by atoms with E-state index in [4.69, 9.17) is 4.74 Å². The molecule has 0 unspecified atom stereocenters. The highest BCUT2D eigenvalue weighted by Gasteiger charge is 2.13. The maximum atomic E-state index is 9.71. The Bertz CT molecular complexity index is 889. The number of rotatable bonds is 6. The van der Waals surface area contributed by atoms with Gasteiger partial charge in [-0.15, -0.1) is 0 Å². The minimum Gasteiger partial charge on any atom is -0.508 e. The Morgan fingerprint density at radius 3 is 1.85 bits per heavy atom. The second-order valence-corrected chi connectivity index (χ2v) is 6.81. The molecule has 27 heavy (non-hydrogen) atoms. The van der Waals surface area contributed by atoms with Crippen LogP contribution in [0.4, 0.5) is 0 Å². The van der Waals surface area contributed by atoms with Crippen LogP contribution < -0.4 is 4.74 Å². The molecule has 2 nitrogen and oxygen atoms in total. The lowest BCUT2D eigenvalue weighted by Gasteiger charge is -2.17. The fourth-order valence-corrected chi connectivity index (χ4v) is 3.28. The van der Waals surface area contributed by atoms with E-state index in [9.17, 15) is 5.11 Å². The first-order valence-corrected chi connectivity index (χ1v) is 9.43. The Morgan fingerprint density at radius 1 is 0.778 bits per heavy atom. The highest BCUT2D eigenvalue weighted by Crippen LogP contribution is 2.35. The lowest BCUT2D eigenvalue weighted by atomic mass is 9.88. The van der Waals surface area contributed by atoms with E-state index in [-0.39, 0.29) is 11.9 Å². The summed E-state index contributed by atoms with van der Waals surface area (Å²) < 4.78 is 5.79. The van der Waals surface area contributed by atoms with Crippen LogP contribution in [-0.2, 0) is 0 Å². The van der Waals surface area contributed by atoms with E-state index in [0.29, 0.717) is 0 Å². The smallest absolute Gasteiger partial charge is 0.119 e. The van der Waals surface area contributed by atoms with Gasteiger partial charge in [-0.25, -0.2) is 0 Å². The van der Waals surface area contributed by atoms with Crippen molar-refractivity contribution in [3.05, 3.63) is 95.6 Å². The van der Waals surface area contributed by atoms with Crippen molar-refractivity contribution in [3.8, 4) is 11.5 Å². The third-order valence-corrected chi connectivity index (χ3v) is 4.45. The quantitative estimate of drug-likeness (QED) is 0.506. The van der Waals surface area contributed by atoms with Crippen LogP contribution in [0.2, 0.25) is 0 Å². The zero-order valence-corrected chi connectivity index (χ0v) is 16.1. The third-order valence-electron chi connectivity index (χ3n) is 4.45. The molecule has 0 aliphatic rings. The molecule has 0 aromatic heterocycles. The average Bonchev–Trinajstić information content (AvgIpc) is 2.68. The van der Waals surface area contributed by atoms with Gasteiger partial charge in [-0.1, -0.05) is 61.5 Å². The van der Waals surface area contributed by atoms with E-state index < -0.39 is 0 Å². The molecule has 0 saturated heterocycles. The first kappa shape index (κ1) is 18.8. The maximum Gasteiger partial charge on any atom is 0.119 e. The van der Waals surface area contributed by atoms with Crippen LogP contribution in [0.1, 0.15) is 43.9 Å². The molecule has 0 atom stereocenters. The summed E-state index contributed by atoms with van der Waals surface area (Å²) in [5, 5.41) is 9.71. The number of hydrogen-bond donors (Lipinski definition) is 1. The molecule has 1 N–H and O–H groups in total. The van der Waals surface area contributed by atoms with Crippen LogP contribution in [0.25, 0.3) is 11.1 Å². The molecule has 0 radical (unpaired) electrons. The maximum absolute atomic E-state index is 9.71. The molecule has 0 spiro atoms. The Balaban J connectivity index is 2.15. The summed E-state index contributed by atoms with van der Waals surface area (Å²) in [6, 6.07) is 26.2. The minimum absolute atomic E-state index is 0.151. The average molecular weight is 358 g/mol. The molecule has 0 fully saturated rings. The molecule has 138 valence electrons. The predicted molar refractivity (Wildman–Crippen MR) is 113 cm³/mol. The van der Waals surface area contributed by atoms with Crippen LogP contribution in [0.15, 0.2) is 78.9 Å². The zero-order chi connectivity index (χ0) is 19.2. The summed E-state index contributed by atoms with van der Waals surface area (Å²) >= 11 is 0. The number of benzene rings is 3. The van der Waals surface area contributed by atoms with E-state index in [0.717, 1.165) is 23.3 Å². The van der Waals surface area contributed by atoms with Gasteiger partial charge in [0.15, 0.2) is 0 Å². The van der Waals surface area contributed by atoms with Crippen molar-refractivity contribution < 1.29 is 9.84 Å². The van der Waals surface area contributed by atoms with Gasteiger partial charge in [0.1, 0.15) is 11.5 Å². The number of hydrogen-bond acceptors (Lipinski definition) is 2. The van der Waals surface area contributed by atoms with Crippen LogP contribution in [0.5, 0.6) is 11.5 Å². The van der Waals surface area contributed by atoms with Gasteiger partial charge in [0.25, 0.3) is 0 Å². The molecule has 0 bridgehead atoms. The van der Waals surface area contributed by atoms with E-state index >= 15 is 0 Å². The number of aromatic hydroxyl groups is 1. The van der Waals surface area contributed by atoms with Gasteiger partial charge in [-0.3, -0.25) is 0 Å². The van der Waals surface area contributed by atoms with Crippen LogP contribution in [0.3, 0.4) is 0 Å². The Labute approximate surface area is 161 Å². The van der Waals surface area contributed by atoms with Crippen molar-refractivity contribution in [3.63, 3.8) is 0 Å². The summed E-state index contributed by atoms with van der Waals surface area (Å²) in [7, 11) is 0. The largest absolute Gasteiger partial charge is 0.508 e. The Morgan fingerprint density at radius 2 is 1.33 bits per heavy atom. The molecule has 3 rings (SSSR count). The predicted octanol–water partition coefficient (Wildman–Crippen LogP) is 6.55. The Kier molecular flexibility index (Phi) is 5.97. The van der Waals surface area contributed by atoms with E-state index in [1.165, 1.54) is 16.7 Å². The fraction of sp³-hybridized carbons (Fsp3) is 0.200. The highest BCUT2D eigenvalue weighted by atomic mass is 16.5. The number of allylic oxidation sites excluding steroid dienone is 1. The van der Waals surface area contributed by atoms with Crippen molar-refractivity contribution in [2.45, 2.75) is 33.3 Å². The summed E-state index contributed by atoms with van der Waals surface area (Å²) in [5.74, 6) is 1.15. The van der Waals surface area contributed by atoms with Crippen LogP contribution in [0, 0.1) is 0 Å². The van der Waals surface area contributed by atoms with Gasteiger partial charge < -0.3 is 9.84 Å². The number of phenolic OH excluding ortho intramolecular Hbond substituents is 1. The molecule has 0 aliphatic carbocycles. The summed E-state index contributed by atoms with van der Waals surface area (Å²) in [6.45, 7) is 6.24. The molecule has 0 saturated carbocycles. The van der Waals surface area contributed by atoms with E-state index in [2.05, 4.69) is 43.3 Å². The van der Waals surface area contributed by atoms with Crippen molar-refractivity contribution in [1.29, 1.82) is 0 Å². The molecule has 0 amide bonds. The SMILES string of the molecule is CCC(=C(c1ccc(O)cc1)c1ccc(OC(C)C)cc1)c1ccccc1. The third kappa shape index (κ3) is 4.59. The molecule has 0 heterocycles. The first-order chi connectivity index (χ1) is 13.1. The molecule has 0 aliphatic heterocycles. The molecule has 2 heteroatoms. The van der Waals surface area contributed by atoms with Gasteiger partial charge >= 0.3 is 0 Å². The van der Waals surface area contributed by atoms with E-state index in [1.807, 2.05) is 44.2 Å². The van der Waals surface area contributed by atoms with Gasteiger partial charge in [0.05, 0.1) is 6.10 Å². The monoisotopic (exact) mass is 358 g/mol. The van der Waals surface area contributed by atoms with E-state index in [1.54, 1.807) is 12.1 Å².